The summed E-state index contributed by atoms with van der Waals surface area (Å²) < 4.78 is 69.4. The number of amides is 1. The number of halogens is 5. The maximum atomic E-state index is 14.9. The first-order chi connectivity index (χ1) is 19.2. The molecular formula is C31H35F5N4O. The summed E-state index contributed by atoms with van der Waals surface area (Å²) in [7, 11) is 0. The Bertz CT molecular complexity index is 1400. The minimum absolute atomic E-state index is 0.0312. The molecule has 1 aromatic heterocycles. The van der Waals surface area contributed by atoms with Gasteiger partial charge in [-0.05, 0) is 82.5 Å². The minimum Gasteiger partial charge on any atom is -0.342 e. The lowest BCUT2D eigenvalue weighted by atomic mass is 9.86. The number of alkyl halides is 3. The van der Waals surface area contributed by atoms with Crippen LogP contribution in [0.4, 0.5) is 22.0 Å². The molecule has 2 aliphatic rings. The van der Waals surface area contributed by atoms with Crippen molar-refractivity contribution in [1.82, 2.24) is 19.6 Å². The van der Waals surface area contributed by atoms with Gasteiger partial charge in [0.2, 0.25) is 5.91 Å². The topological polar surface area (TPSA) is 41.4 Å². The van der Waals surface area contributed by atoms with Crippen LogP contribution in [0, 0.1) is 24.5 Å². The normalized spacial score (nSPS) is 21.0. The standard InChI is InChI=1S/C31H35F5N4O/c1-19-15-28(40(37-19)23-8-5-21(6-9-23)31(34,35)36)20-11-13-38(14-12-20)29(41)26-18-39(30(2,3)4)17-25(26)24-10-7-22(32)16-27(24)33/h5-10,15-16,20,25-26H,11-14,17-18H2,1-4H3/t25-,26+/m0/s1. The van der Waals surface area contributed by atoms with Crippen LogP contribution in [0.25, 0.3) is 5.69 Å². The molecule has 0 N–H and O–H groups in total. The summed E-state index contributed by atoms with van der Waals surface area (Å²) in [5, 5.41) is 4.54. The lowest BCUT2D eigenvalue weighted by molar-refractivity contribution is -0.138. The smallest absolute Gasteiger partial charge is 0.342 e. The molecule has 1 amide bonds. The average molecular weight is 575 g/mol. The molecule has 0 spiro atoms. The van der Waals surface area contributed by atoms with E-state index in [9.17, 15) is 26.7 Å². The molecule has 0 radical (unpaired) electrons. The third-order valence-electron chi connectivity index (χ3n) is 8.47. The summed E-state index contributed by atoms with van der Waals surface area (Å²) in [5.74, 6) is -2.07. The van der Waals surface area contributed by atoms with Crippen LogP contribution in [0.5, 0.6) is 0 Å². The fourth-order valence-corrected chi connectivity index (χ4v) is 6.16. The number of carbonyl (C=O) groups is 1. The van der Waals surface area contributed by atoms with Gasteiger partial charge in [0, 0.05) is 55.3 Å². The van der Waals surface area contributed by atoms with Crippen molar-refractivity contribution in [1.29, 1.82) is 0 Å². The fraction of sp³-hybridized carbons (Fsp3) is 0.484. The molecule has 5 nitrogen and oxygen atoms in total. The molecule has 3 heterocycles. The minimum atomic E-state index is -4.41. The maximum absolute atomic E-state index is 14.9. The van der Waals surface area contributed by atoms with Crippen LogP contribution >= 0.6 is 0 Å². The van der Waals surface area contributed by atoms with Gasteiger partial charge in [0.05, 0.1) is 22.9 Å². The summed E-state index contributed by atoms with van der Waals surface area (Å²) in [6.45, 7) is 10.0. The van der Waals surface area contributed by atoms with Crippen LogP contribution in [0.3, 0.4) is 0 Å². The van der Waals surface area contributed by atoms with Gasteiger partial charge >= 0.3 is 6.18 Å². The van der Waals surface area contributed by atoms with Crippen molar-refractivity contribution in [2.75, 3.05) is 26.2 Å². The van der Waals surface area contributed by atoms with E-state index in [4.69, 9.17) is 0 Å². The number of piperidine rings is 1. The number of likely N-dealkylation sites (tertiary alicyclic amines) is 2. The predicted octanol–water partition coefficient (Wildman–Crippen LogP) is 6.70. The van der Waals surface area contributed by atoms with Gasteiger partial charge < -0.3 is 4.90 Å². The number of rotatable bonds is 4. The summed E-state index contributed by atoms with van der Waals surface area (Å²) in [5.41, 5.74) is 1.65. The van der Waals surface area contributed by atoms with Gasteiger partial charge in [-0.2, -0.15) is 18.3 Å². The van der Waals surface area contributed by atoms with E-state index >= 15 is 0 Å². The van der Waals surface area contributed by atoms with Gasteiger partial charge in [0.15, 0.2) is 0 Å². The van der Waals surface area contributed by atoms with Crippen molar-refractivity contribution in [2.24, 2.45) is 5.92 Å². The Kier molecular flexibility index (Phi) is 7.74. The van der Waals surface area contributed by atoms with Gasteiger partial charge in [-0.1, -0.05) is 6.07 Å². The largest absolute Gasteiger partial charge is 0.416 e. The Morgan fingerprint density at radius 2 is 1.59 bits per heavy atom. The van der Waals surface area contributed by atoms with Gasteiger partial charge in [0.25, 0.3) is 0 Å². The molecule has 2 aromatic carbocycles. The number of hydrogen-bond acceptors (Lipinski definition) is 3. The average Bonchev–Trinajstić information content (AvgIpc) is 3.52. The first-order valence-electron chi connectivity index (χ1n) is 14.0. The summed E-state index contributed by atoms with van der Waals surface area (Å²) in [4.78, 5) is 17.9. The second-order valence-corrected chi connectivity index (χ2v) is 12.2. The van der Waals surface area contributed by atoms with Crippen molar-refractivity contribution >= 4 is 5.91 Å². The highest BCUT2D eigenvalue weighted by Gasteiger charge is 2.45. The van der Waals surface area contributed by atoms with E-state index in [0.29, 0.717) is 50.3 Å². The van der Waals surface area contributed by atoms with E-state index in [-0.39, 0.29) is 23.3 Å². The van der Waals surface area contributed by atoms with E-state index in [1.54, 1.807) is 4.68 Å². The summed E-state index contributed by atoms with van der Waals surface area (Å²) in [6.07, 6.45) is -3.07. The van der Waals surface area contributed by atoms with Crippen LogP contribution in [-0.2, 0) is 11.0 Å². The van der Waals surface area contributed by atoms with Crippen LogP contribution in [0.2, 0.25) is 0 Å². The molecule has 5 rings (SSSR count). The van der Waals surface area contributed by atoms with E-state index in [1.165, 1.54) is 24.3 Å². The predicted molar refractivity (Wildman–Crippen MR) is 146 cm³/mol. The second-order valence-electron chi connectivity index (χ2n) is 12.2. The molecule has 3 aromatic rings. The fourth-order valence-electron chi connectivity index (χ4n) is 6.16. The highest BCUT2D eigenvalue weighted by Crippen LogP contribution is 2.40. The van der Waals surface area contributed by atoms with Gasteiger partial charge in [-0.25, -0.2) is 13.5 Å². The van der Waals surface area contributed by atoms with Crippen LogP contribution in [0.1, 0.15) is 68.0 Å². The molecular weight excluding hydrogens is 539 g/mol. The monoisotopic (exact) mass is 574 g/mol. The van der Waals surface area contributed by atoms with Gasteiger partial charge in [-0.15, -0.1) is 0 Å². The summed E-state index contributed by atoms with van der Waals surface area (Å²) in [6, 6.07) is 10.5. The lowest BCUT2D eigenvalue weighted by Gasteiger charge is -2.35. The van der Waals surface area contributed by atoms with E-state index in [0.717, 1.165) is 29.6 Å². The zero-order chi connectivity index (χ0) is 29.7. The Morgan fingerprint density at radius 1 is 0.927 bits per heavy atom. The molecule has 0 aliphatic carbocycles. The highest BCUT2D eigenvalue weighted by molar-refractivity contribution is 5.81. The molecule has 0 unspecified atom stereocenters. The van der Waals surface area contributed by atoms with E-state index < -0.39 is 29.3 Å². The van der Waals surface area contributed by atoms with Gasteiger partial charge in [-0.3, -0.25) is 9.69 Å². The van der Waals surface area contributed by atoms with Crippen molar-refractivity contribution in [3.63, 3.8) is 0 Å². The number of aryl methyl sites for hydroxylation is 1. The van der Waals surface area contributed by atoms with Crippen LogP contribution in [0.15, 0.2) is 48.5 Å². The molecule has 41 heavy (non-hydrogen) atoms. The molecule has 220 valence electrons. The second kappa shape index (κ2) is 10.9. The van der Waals surface area contributed by atoms with Crippen LogP contribution < -0.4 is 0 Å². The molecule has 10 heteroatoms. The number of benzene rings is 2. The Morgan fingerprint density at radius 3 is 2.17 bits per heavy atom. The first-order valence-corrected chi connectivity index (χ1v) is 14.0. The Hall–Kier alpha value is -3.27. The molecule has 0 bridgehead atoms. The van der Waals surface area contributed by atoms with Crippen LogP contribution in [-0.4, -0.2) is 57.2 Å². The number of carbonyl (C=O) groups excluding carboxylic acids is 1. The summed E-state index contributed by atoms with van der Waals surface area (Å²) >= 11 is 0. The highest BCUT2D eigenvalue weighted by atomic mass is 19.4. The molecule has 2 fully saturated rings. The first kappa shape index (κ1) is 29.2. The zero-order valence-corrected chi connectivity index (χ0v) is 23.7. The van der Waals surface area contributed by atoms with E-state index in [1.807, 2.05) is 17.9 Å². The molecule has 2 atom stereocenters. The number of nitrogens with zero attached hydrogens (tertiary/aromatic N) is 4. The third kappa shape index (κ3) is 6.03. The number of aromatic nitrogens is 2. The zero-order valence-electron chi connectivity index (χ0n) is 23.7. The maximum Gasteiger partial charge on any atom is 0.416 e. The van der Waals surface area contributed by atoms with Gasteiger partial charge in [0.1, 0.15) is 11.6 Å². The van der Waals surface area contributed by atoms with E-state index in [2.05, 4.69) is 30.8 Å². The third-order valence-corrected chi connectivity index (χ3v) is 8.47. The Balaban J connectivity index is 1.32. The molecule has 2 aliphatic heterocycles. The molecule has 2 saturated heterocycles. The Labute approximate surface area is 236 Å². The number of hydrogen-bond donors (Lipinski definition) is 0. The molecule has 0 saturated carbocycles. The van der Waals surface area contributed by atoms with Crippen molar-refractivity contribution in [2.45, 2.75) is 64.1 Å². The SMILES string of the molecule is Cc1cc(C2CCN(C(=O)[C@@H]3CN(C(C)(C)C)C[C@H]3c3ccc(F)cc3F)CC2)n(-c2ccc(C(F)(F)F)cc2)n1. The van der Waals surface area contributed by atoms with Crippen molar-refractivity contribution < 1.29 is 26.7 Å². The van der Waals surface area contributed by atoms with Crippen molar-refractivity contribution in [3.8, 4) is 5.69 Å². The van der Waals surface area contributed by atoms with Crippen molar-refractivity contribution in [3.05, 3.63) is 82.7 Å². The lowest BCUT2D eigenvalue weighted by Crippen LogP contribution is -2.44. The quantitative estimate of drug-likeness (QED) is 0.326.